The van der Waals surface area contributed by atoms with Crippen LogP contribution in [0.25, 0.3) is 0 Å². The van der Waals surface area contributed by atoms with Gasteiger partial charge in [0.05, 0.1) is 22.7 Å². The van der Waals surface area contributed by atoms with Crippen LogP contribution in [0.4, 0.5) is 0 Å². The van der Waals surface area contributed by atoms with E-state index in [1.807, 2.05) is 35.7 Å². The van der Waals surface area contributed by atoms with E-state index in [4.69, 9.17) is 4.74 Å². The van der Waals surface area contributed by atoms with Crippen LogP contribution >= 0.6 is 23.5 Å². The first-order valence-electron chi connectivity index (χ1n) is 4.37. The molecule has 2 heterocycles. The number of hydrogen-bond acceptors (Lipinski definition) is 3. The predicted molar refractivity (Wildman–Crippen MR) is 61.6 cm³/mol. The normalized spacial score (nSPS) is 41.2. The molecule has 13 heavy (non-hydrogen) atoms. The second-order valence-corrected chi connectivity index (χ2v) is 6.39. The number of ether oxygens (including phenoxy) is 1. The van der Waals surface area contributed by atoms with Crippen LogP contribution in [-0.2, 0) is 4.74 Å². The van der Waals surface area contributed by atoms with E-state index in [1.54, 1.807) is 0 Å². The van der Waals surface area contributed by atoms with Crippen molar-refractivity contribution in [3.8, 4) is 0 Å². The fourth-order valence-corrected chi connectivity index (χ4v) is 2.44. The Labute approximate surface area is 88.0 Å². The summed E-state index contributed by atoms with van der Waals surface area (Å²) in [6.07, 6.45) is 4.02. The fraction of sp³-hybridized carbons (Fsp3) is 0.600. The molecule has 0 amide bonds. The molecular formula is C10H14OS2. The van der Waals surface area contributed by atoms with E-state index < -0.39 is 0 Å². The minimum atomic E-state index is 0.252. The lowest BCUT2D eigenvalue weighted by atomic mass is 10.2. The number of thioether (sulfide) groups is 2. The van der Waals surface area contributed by atoms with Crippen molar-refractivity contribution in [2.45, 2.75) is 9.49 Å². The smallest absolute Gasteiger partial charge is 0.0660 e. The zero-order valence-corrected chi connectivity index (χ0v) is 9.26. The average Bonchev–Trinajstić information content (AvgIpc) is 3.01. The van der Waals surface area contributed by atoms with Crippen molar-refractivity contribution >= 4 is 23.5 Å². The standard InChI is InChI=1S/C10H14OS2/c1-3-9(7-12-9)5-11-6-10(4-2)8-13-10/h3-4H,1-2,5-8H2. The third-order valence-corrected chi connectivity index (χ3v) is 5.10. The fourth-order valence-electron chi connectivity index (χ4n) is 1.10. The van der Waals surface area contributed by atoms with E-state index in [9.17, 15) is 0 Å². The van der Waals surface area contributed by atoms with Crippen LogP contribution in [-0.4, -0.2) is 34.2 Å². The monoisotopic (exact) mass is 214 g/mol. The van der Waals surface area contributed by atoms with E-state index in [2.05, 4.69) is 13.2 Å². The predicted octanol–water partition coefficient (Wildman–Crippen LogP) is 2.35. The van der Waals surface area contributed by atoms with Crippen LogP contribution in [0, 0.1) is 0 Å². The molecule has 3 heteroatoms. The van der Waals surface area contributed by atoms with Crippen LogP contribution in [0.5, 0.6) is 0 Å². The van der Waals surface area contributed by atoms with Crippen molar-refractivity contribution in [1.82, 2.24) is 0 Å². The summed E-state index contributed by atoms with van der Waals surface area (Å²) in [7, 11) is 0. The Kier molecular flexibility index (Phi) is 2.51. The van der Waals surface area contributed by atoms with Crippen LogP contribution < -0.4 is 0 Å². The van der Waals surface area contributed by atoms with Gasteiger partial charge in [0.1, 0.15) is 0 Å². The summed E-state index contributed by atoms with van der Waals surface area (Å²) in [5, 5.41) is 0. The highest BCUT2D eigenvalue weighted by Crippen LogP contribution is 2.48. The van der Waals surface area contributed by atoms with Gasteiger partial charge in [-0.2, -0.15) is 0 Å². The Morgan fingerprint density at radius 1 is 1.08 bits per heavy atom. The van der Waals surface area contributed by atoms with Gasteiger partial charge in [0, 0.05) is 11.5 Å². The lowest BCUT2D eigenvalue weighted by molar-refractivity contribution is 0.128. The topological polar surface area (TPSA) is 9.23 Å². The molecule has 2 aliphatic heterocycles. The highest BCUT2D eigenvalue weighted by atomic mass is 32.2. The van der Waals surface area contributed by atoms with Gasteiger partial charge in [-0.25, -0.2) is 0 Å². The third-order valence-electron chi connectivity index (χ3n) is 2.47. The molecule has 2 fully saturated rings. The van der Waals surface area contributed by atoms with Crippen molar-refractivity contribution in [3.63, 3.8) is 0 Å². The molecule has 0 N–H and O–H groups in total. The zero-order valence-electron chi connectivity index (χ0n) is 7.62. The summed E-state index contributed by atoms with van der Waals surface area (Å²) >= 11 is 3.84. The van der Waals surface area contributed by atoms with E-state index >= 15 is 0 Å². The minimum Gasteiger partial charge on any atom is -0.378 e. The van der Waals surface area contributed by atoms with Crippen LogP contribution in [0.3, 0.4) is 0 Å². The van der Waals surface area contributed by atoms with Gasteiger partial charge in [-0.1, -0.05) is 12.2 Å². The molecule has 2 aliphatic rings. The molecule has 2 atom stereocenters. The van der Waals surface area contributed by atoms with Gasteiger partial charge in [0.2, 0.25) is 0 Å². The molecule has 0 bridgehead atoms. The minimum absolute atomic E-state index is 0.252. The maximum Gasteiger partial charge on any atom is 0.0660 e. The Bertz CT molecular complexity index is 205. The lowest BCUT2D eigenvalue weighted by Gasteiger charge is -2.12. The molecule has 0 aliphatic carbocycles. The SMILES string of the molecule is C=CC1(COCC2(C=C)CS2)CS1. The maximum atomic E-state index is 5.69. The molecular weight excluding hydrogens is 200 g/mol. The number of rotatable bonds is 6. The van der Waals surface area contributed by atoms with Crippen LogP contribution in [0.15, 0.2) is 25.3 Å². The first-order chi connectivity index (χ1) is 6.24. The van der Waals surface area contributed by atoms with Crippen molar-refractivity contribution in [2.24, 2.45) is 0 Å². The van der Waals surface area contributed by atoms with Gasteiger partial charge in [-0.3, -0.25) is 0 Å². The van der Waals surface area contributed by atoms with Gasteiger partial charge in [0.15, 0.2) is 0 Å². The van der Waals surface area contributed by atoms with E-state index in [-0.39, 0.29) is 9.49 Å². The quantitative estimate of drug-likeness (QED) is 0.496. The summed E-state index contributed by atoms with van der Waals surface area (Å²) in [4.78, 5) is 0. The molecule has 2 unspecified atom stereocenters. The Morgan fingerprint density at radius 3 is 1.69 bits per heavy atom. The largest absolute Gasteiger partial charge is 0.378 e. The Balaban J connectivity index is 1.69. The van der Waals surface area contributed by atoms with Crippen molar-refractivity contribution < 1.29 is 4.74 Å². The average molecular weight is 214 g/mol. The molecule has 2 saturated heterocycles. The van der Waals surface area contributed by atoms with Gasteiger partial charge in [0.25, 0.3) is 0 Å². The highest BCUT2D eigenvalue weighted by molar-refractivity contribution is 8.08. The first-order valence-corrected chi connectivity index (χ1v) is 6.34. The van der Waals surface area contributed by atoms with Gasteiger partial charge >= 0.3 is 0 Å². The first kappa shape index (κ1) is 9.69. The number of hydrogen-bond donors (Lipinski definition) is 0. The van der Waals surface area contributed by atoms with Gasteiger partial charge < -0.3 is 4.74 Å². The summed E-state index contributed by atoms with van der Waals surface area (Å²) < 4.78 is 6.19. The second-order valence-electron chi connectivity index (χ2n) is 3.61. The Hall–Kier alpha value is 0.140. The molecule has 0 aromatic heterocycles. The van der Waals surface area contributed by atoms with Gasteiger partial charge in [-0.15, -0.1) is 36.7 Å². The highest BCUT2D eigenvalue weighted by Gasteiger charge is 2.44. The molecule has 0 aromatic rings. The zero-order chi connectivity index (χ0) is 9.36. The van der Waals surface area contributed by atoms with E-state index in [0.717, 1.165) is 13.2 Å². The molecule has 2 rings (SSSR count). The molecule has 0 radical (unpaired) electrons. The summed E-state index contributed by atoms with van der Waals surface area (Å²) in [5.41, 5.74) is 0. The molecule has 0 saturated carbocycles. The van der Waals surface area contributed by atoms with Crippen LogP contribution in [0.2, 0.25) is 0 Å². The van der Waals surface area contributed by atoms with Gasteiger partial charge in [-0.05, 0) is 0 Å². The summed E-state index contributed by atoms with van der Waals surface area (Å²) in [6.45, 7) is 9.27. The molecule has 1 nitrogen and oxygen atoms in total. The van der Waals surface area contributed by atoms with E-state index in [0.29, 0.717) is 0 Å². The van der Waals surface area contributed by atoms with E-state index in [1.165, 1.54) is 11.5 Å². The molecule has 0 aromatic carbocycles. The maximum absolute atomic E-state index is 5.69. The third kappa shape index (κ3) is 2.14. The second kappa shape index (κ2) is 3.37. The Morgan fingerprint density at radius 2 is 1.46 bits per heavy atom. The summed E-state index contributed by atoms with van der Waals surface area (Å²) in [5.74, 6) is 2.34. The van der Waals surface area contributed by atoms with Crippen molar-refractivity contribution in [3.05, 3.63) is 25.3 Å². The van der Waals surface area contributed by atoms with Crippen molar-refractivity contribution in [2.75, 3.05) is 24.7 Å². The molecule has 0 spiro atoms. The lowest BCUT2D eigenvalue weighted by Crippen LogP contribution is -2.21. The summed E-state index contributed by atoms with van der Waals surface area (Å²) in [6, 6.07) is 0. The van der Waals surface area contributed by atoms with Crippen molar-refractivity contribution in [1.29, 1.82) is 0 Å². The molecule has 72 valence electrons. The van der Waals surface area contributed by atoms with Crippen LogP contribution in [0.1, 0.15) is 0 Å².